The number of hydrogen-bond acceptors (Lipinski definition) is 4. The fraction of sp³-hybridized carbons (Fsp3) is 0.389. The van der Waals surface area contributed by atoms with Gasteiger partial charge in [-0.05, 0) is 43.7 Å². The van der Waals surface area contributed by atoms with Crippen LogP contribution in [0.5, 0.6) is 0 Å². The minimum Gasteiger partial charge on any atom is -0.326 e. The van der Waals surface area contributed by atoms with Crippen molar-refractivity contribution >= 4 is 34.0 Å². The Morgan fingerprint density at radius 1 is 1.33 bits per heavy atom. The van der Waals surface area contributed by atoms with Gasteiger partial charge in [0.25, 0.3) is 0 Å². The van der Waals surface area contributed by atoms with Gasteiger partial charge >= 0.3 is 0 Å². The van der Waals surface area contributed by atoms with Crippen LogP contribution in [0, 0.1) is 5.92 Å². The monoisotopic (exact) mass is 341 g/mol. The van der Waals surface area contributed by atoms with Gasteiger partial charge in [0, 0.05) is 22.9 Å². The molecule has 2 amide bonds. The molecule has 1 aromatic carbocycles. The molecule has 0 radical (unpaired) electrons. The predicted octanol–water partition coefficient (Wildman–Crippen LogP) is 3.16. The van der Waals surface area contributed by atoms with E-state index in [9.17, 15) is 9.59 Å². The van der Waals surface area contributed by atoms with E-state index in [0.29, 0.717) is 24.4 Å². The molecule has 0 saturated carbocycles. The maximum absolute atomic E-state index is 12.2. The van der Waals surface area contributed by atoms with Crippen LogP contribution in [0.2, 0.25) is 0 Å². The van der Waals surface area contributed by atoms with Crippen molar-refractivity contribution in [3.8, 4) is 0 Å². The summed E-state index contributed by atoms with van der Waals surface area (Å²) in [6, 6.07) is 7.83. The molecule has 0 bridgehead atoms. The van der Waals surface area contributed by atoms with Crippen molar-refractivity contribution in [2.45, 2.75) is 38.5 Å². The van der Waals surface area contributed by atoms with Crippen molar-refractivity contribution in [2.75, 3.05) is 10.6 Å². The molecule has 0 fully saturated rings. The Morgan fingerprint density at radius 2 is 2.21 bits per heavy atom. The minimum absolute atomic E-state index is 0.00900. The number of carbonyl (C=O) groups excluding carboxylic acids is 2. The summed E-state index contributed by atoms with van der Waals surface area (Å²) in [5, 5.41) is 6.51. The smallest absolute Gasteiger partial charge is 0.227 e. The Morgan fingerprint density at radius 3 is 3.08 bits per heavy atom. The van der Waals surface area contributed by atoms with E-state index in [1.165, 1.54) is 11.3 Å². The van der Waals surface area contributed by atoms with E-state index < -0.39 is 0 Å². The number of nitrogens with one attached hydrogen (secondary N) is 2. The Kier molecular flexibility index (Phi) is 4.06. The lowest BCUT2D eigenvalue weighted by atomic mass is 9.89. The van der Waals surface area contributed by atoms with E-state index in [-0.39, 0.29) is 17.7 Å². The lowest BCUT2D eigenvalue weighted by molar-refractivity contribution is -0.121. The van der Waals surface area contributed by atoms with Gasteiger partial charge in [-0.25, -0.2) is 4.98 Å². The second kappa shape index (κ2) is 6.36. The molecular weight excluding hydrogens is 322 g/mol. The lowest BCUT2D eigenvalue weighted by Crippen LogP contribution is -2.30. The highest BCUT2D eigenvalue weighted by Crippen LogP contribution is 2.31. The fourth-order valence-corrected chi connectivity index (χ4v) is 4.44. The molecule has 1 aliphatic carbocycles. The highest BCUT2D eigenvalue weighted by molar-refractivity contribution is 7.15. The quantitative estimate of drug-likeness (QED) is 0.897. The summed E-state index contributed by atoms with van der Waals surface area (Å²) in [5.41, 5.74) is 3.16. The third-order valence-corrected chi connectivity index (χ3v) is 5.75. The van der Waals surface area contributed by atoms with Crippen LogP contribution in [-0.4, -0.2) is 16.8 Å². The first-order valence-corrected chi connectivity index (χ1v) is 9.18. The minimum atomic E-state index is -0.146. The molecule has 6 heteroatoms. The Hall–Kier alpha value is -2.21. The van der Waals surface area contributed by atoms with Crippen molar-refractivity contribution in [3.63, 3.8) is 0 Å². The summed E-state index contributed by atoms with van der Waals surface area (Å²) in [6.07, 6.45) is 4.84. The van der Waals surface area contributed by atoms with Crippen LogP contribution in [0.3, 0.4) is 0 Å². The molecule has 0 saturated heterocycles. The second-order valence-corrected chi connectivity index (χ2v) is 7.46. The van der Waals surface area contributed by atoms with Crippen LogP contribution in [0.1, 0.15) is 35.4 Å². The molecule has 1 aliphatic heterocycles. The number of carbonyl (C=O) groups is 2. The molecule has 24 heavy (non-hydrogen) atoms. The van der Waals surface area contributed by atoms with Gasteiger partial charge in [-0.2, -0.15) is 0 Å². The third kappa shape index (κ3) is 3.06. The summed E-state index contributed by atoms with van der Waals surface area (Å²) in [7, 11) is 0. The molecule has 124 valence electrons. The number of aromatic nitrogens is 1. The van der Waals surface area contributed by atoms with Crippen molar-refractivity contribution in [1.29, 1.82) is 0 Å². The molecular formula is C18H19N3O2S. The first-order chi connectivity index (χ1) is 11.7. The highest BCUT2D eigenvalue weighted by atomic mass is 32.1. The van der Waals surface area contributed by atoms with Crippen LogP contribution in [0.25, 0.3) is 0 Å². The molecule has 0 spiro atoms. The number of rotatable bonds is 4. The van der Waals surface area contributed by atoms with E-state index in [0.717, 1.165) is 29.8 Å². The number of thiazole rings is 1. The van der Waals surface area contributed by atoms with E-state index in [1.807, 2.05) is 24.3 Å². The van der Waals surface area contributed by atoms with Gasteiger partial charge in [0.05, 0.1) is 5.69 Å². The van der Waals surface area contributed by atoms with Gasteiger partial charge in [-0.1, -0.05) is 18.2 Å². The number of anilines is 2. The SMILES string of the molecule is O=C(CC[C@H]1Cc2ccccc2NC1=O)Nc1nc2c(s1)CCC2. The topological polar surface area (TPSA) is 71.1 Å². The summed E-state index contributed by atoms with van der Waals surface area (Å²) < 4.78 is 0. The third-order valence-electron chi connectivity index (χ3n) is 4.67. The van der Waals surface area contributed by atoms with Crippen molar-refractivity contribution in [2.24, 2.45) is 5.92 Å². The van der Waals surface area contributed by atoms with Crippen LogP contribution in [-0.2, 0) is 28.9 Å². The van der Waals surface area contributed by atoms with Crippen LogP contribution in [0.15, 0.2) is 24.3 Å². The zero-order chi connectivity index (χ0) is 16.5. The number of benzene rings is 1. The van der Waals surface area contributed by atoms with Gasteiger partial charge in [0.15, 0.2) is 5.13 Å². The summed E-state index contributed by atoms with van der Waals surface area (Å²) in [6.45, 7) is 0. The second-order valence-electron chi connectivity index (χ2n) is 6.38. The molecule has 1 aromatic heterocycles. The molecule has 2 aromatic rings. The van der Waals surface area contributed by atoms with Crippen LogP contribution in [0.4, 0.5) is 10.8 Å². The molecule has 4 rings (SSSR count). The van der Waals surface area contributed by atoms with E-state index in [2.05, 4.69) is 15.6 Å². The van der Waals surface area contributed by atoms with Crippen LogP contribution >= 0.6 is 11.3 Å². The first-order valence-electron chi connectivity index (χ1n) is 8.36. The van der Waals surface area contributed by atoms with Gasteiger partial charge in [-0.15, -0.1) is 11.3 Å². The molecule has 1 atom stereocenters. The fourth-order valence-electron chi connectivity index (χ4n) is 3.38. The molecule has 5 nitrogen and oxygen atoms in total. The van der Waals surface area contributed by atoms with Crippen molar-refractivity contribution in [3.05, 3.63) is 40.4 Å². The van der Waals surface area contributed by atoms with Crippen LogP contribution < -0.4 is 10.6 Å². The zero-order valence-electron chi connectivity index (χ0n) is 13.3. The normalized spacial score (nSPS) is 18.7. The van der Waals surface area contributed by atoms with E-state index >= 15 is 0 Å². The van der Waals surface area contributed by atoms with Gasteiger partial charge in [-0.3, -0.25) is 9.59 Å². The molecule has 2 N–H and O–H groups in total. The average molecular weight is 341 g/mol. The summed E-state index contributed by atoms with van der Waals surface area (Å²) in [5.74, 6) is -0.198. The number of para-hydroxylation sites is 1. The zero-order valence-corrected chi connectivity index (χ0v) is 14.1. The first kappa shape index (κ1) is 15.3. The Balaban J connectivity index is 1.33. The molecule has 0 unspecified atom stereocenters. The maximum Gasteiger partial charge on any atom is 0.227 e. The summed E-state index contributed by atoms with van der Waals surface area (Å²) >= 11 is 1.58. The average Bonchev–Trinajstić information content (AvgIpc) is 3.14. The molecule has 2 aliphatic rings. The largest absolute Gasteiger partial charge is 0.326 e. The number of fused-ring (bicyclic) bond motifs is 2. The standard InChI is InChI=1S/C18H19N3O2S/c22-16(21-18-20-14-6-3-7-15(14)24-18)9-8-12-10-11-4-1-2-5-13(11)19-17(12)23/h1-2,4-5,12H,3,6-10H2,(H,19,23)(H,20,21,22)/t12-/m0/s1. The number of nitrogens with zero attached hydrogens (tertiary/aromatic N) is 1. The number of aryl methyl sites for hydroxylation is 2. The van der Waals surface area contributed by atoms with Gasteiger partial charge in [0.1, 0.15) is 0 Å². The Bertz CT molecular complexity index is 778. The van der Waals surface area contributed by atoms with E-state index in [4.69, 9.17) is 0 Å². The van der Waals surface area contributed by atoms with Gasteiger partial charge < -0.3 is 10.6 Å². The number of hydrogen-bond donors (Lipinski definition) is 2. The van der Waals surface area contributed by atoms with Gasteiger partial charge in [0.2, 0.25) is 11.8 Å². The molecule has 2 heterocycles. The van der Waals surface area contributed by atoms with Crippen molar-refractivity contribution < 1.29 is 9.59 Å². The lowest BCUT2D eigenvalue weighted by Gasteiger charge is -2.24. The summed E-state index contributed by atoms with van der Waals surface area (Å²) in [4.78, 5) is 30.1. The van der Waals surface area contributed by atoms with E-state index in [1.54, 1.807) is 11.3 Å². The predicted molar refractivity (Wildman–Crippen MR) is 94.3 cm³/mol. The maximum atomic E-state index is 12.2. The highest BCUT2D eigenvalue weighted by Gasteiger charge is 2.26. The number of amides is 2. The Labute approximate surface area is 144 Å². The van der Waals surface area contributed by atoms with Crippen molar-refractivity contribution in [1.82, 2.24) is 4.98 Å².